The van der Waals surface area contributed by atoms with Crippen molar-refractivity contribution in [2.75, 3.05) is 6.61 Å². The number of benzene rings is 1. The SMILES string of the molecule is C=C(/N=C(C(=O)OCC)\C(C)=C(/N)Cl)c1ccc(C(F)(F)F)cc1. The minimum absolute atomic E-state index is 0.0732. The van der Waals surface area contributed by atoms with Crippen molar-refractivity contribution in [3.63, 3.8) is 0 Å². The summed E-state index contributed by atoms with van der Waals surface area (Å²) in [7, 11) is 0. The normalized spacial score (nSPS) is 13.3. The van der Waals surface area contributed by atoms with E-state index in [1.165, 1.54) is 19.1 Å². The highest BCUT2D eigenvalue weighted by molar-refractivity contribution is 6.46. The van der Waals surface area contributed by atoms with Crippen LogP contribution in [-0.2, 0) is 15.7 Å². The molecular weight excluding hydrogens is 345 g/mol. The van der Waals surface area contributed by atoms with Gasteiger partial charge in [-0.05, 0) is 31.5 Å². The molecule has 0 aliphatic carbocycles. The molecule has 0 aromatic heterocycles. The lowest BCUT2D eigenvalue weighted by Gasteiger charge is -2.10. The molecule has 1 aromatic carbocycles. The Kier molecular flexibility index (Phi) is 6.60. The number of ether oxygens (including phenoxy) is 1. The quantitative estimate of drug-likeness (QED) is 0.488. The summed E-state index contributed by atoms with van der Waals surface area (Å²) in [6, 6.07) is 4.22. The first kappa shape index (κ1) is 19.8. The first-order chi connectivity index (χ1) is 11.1. The molecule has 1 rings (SSSR count). The van der Waals surface area contributed by atoms with Crippen LogP contribution in [0.1, 0.15) is 25.0 Å². The van der Waals surface area contributed by atoms with Crippen LogP contribution in [0.3, 0.4) is 0 Å². The van der Waals surface area contributed by atoms with Gasteiger partial charge >= 0.3 is 12.1 Å². The molecule has 0 fully saturated rings. The molecule has 8 heteroatoms. The summed E-state index contributed by atoms with van der Waals surface area (Å²) in [5, 5.41) is -0.151. The average molecular weight is 361 g/mol. The number of rotatable bonds is 5. The van der Waals surface area contributed by atoms with Crippen molar-refractivity contribution in [2.24, 2.45) is 10.7 Å². The number of hydrogen-bond acceptors (Lipinski definition) is 4. The predicted octanol–water partition coefficient (Wildman–Crippen LogP) is 4.11. The number of carbonyl (C=O) groups is 1. The van der Waals surface area contributed by atoms with E-state index in [1.807, 2.05) is 0 Å². The van der Waals surface area contributed by atoms with Gasteiger partial charge in [0.15, 0.2) is 5.71 Å². The molecule has 0 saturated heterocycles. The molecule has 0 saturated carbocycles. The van der Waals surface area contributed by atoms with Crippen LogP contribution in [0.15, 0.2) is 46.6 Å². The van der Waals surface area contributed by atoms with Gasteiger partial charge < -0.3 is 10.5 Å². The van der Waals surface area contributed by atoms with Crippen molar-refractivity contribution < 1.29 is 22.7 Å². The standard InChI is InChI=1S/C16H16ClF3N2O2/c1-4-24-15(23)13(9(2)14(17)21)22-10(3)11-5-7-12(8-6-11)16(18,19)20/h5-8H,3-4,21H2,1-2H3/b14-9-,22-13+. The summed E-state index contributed by atoms with van der Waals surface area (Å²) in [4.78, 5) is 16.0. The first-order valence-corrected chi connectivity index (χ1v) is 7.20. The minimum atomic E-state index is -4.44. The molecule has 0 spiro atoms. The second-order valence-electron chi connectivity index (χ2n) is 4.68. The molecule has 4 nitrogen and oxygen atoms in total. The van der Waals surface area contributed by atoms with Crippen LogP contribution < -0.4 is 5.73 Å². The largest absolute Gasteiger partial charge is 0.461 e. The van der Waals surface area contributed by atoms with E-state index < -0.39 is 17.7 Å². The Hall–Kier alpha value is -2.28. The lowest BCUT2D eigenvalue weighted by atomic mass is 10.1. The number of esters is 1. The van der Waals surface area contributed by atoms with Crippen molar-refractivity contribution in [2.45, 2.75) is 20.0 Å². The lowest BCUT2D eigenvalue weighted by Crippen LogP contribution is -2.20. The van der Waals surface area contributed by atoms with Crippen LogP contribution in [0.4, 0.5) is 13.2 Å². The molecule has 0 unspecified atom stereocenters. The summed E-state index contributed by atoms with van der Waals surface area (Å²) < 4.78 is 42.6. The van der Waals surface area contributed by atoms with Crippen LogP contribution in [0.2, 0.25) is 0 Å². The summed E-state index contributed by atoms with van der Waals surface area (Å²) >= 11 is 5.68. The van der Waals surface area contributed by atoms with Crippen molar-refractivity contribution in [1.82, 2.24) is 0 Å². The highest BCUT2D eigenvalue weighted by Gasteiger charge is 2.30. The summed E-state index contributed by atoms with van der Waals surface area (Å²) in [6.45, 7) is 6.85. The Labute approximate surface area is 142 Å². The fourth-order valence-corrected chi connectivity index (χ4v) is 1.74. The zero-order valence-electron chi connectivity index (χ0n) is 13.1. The smallest absolute Gasteiger partial charge is 0.416 e. The average Bonchev–Trinajstić information content (AvgIpc) is 2.51. The fourth-order valence-electron chi connectivity index (χ4n) is 1.65. The number of carbonyl (C=O) groups excluding carboxylic acids is 1. The van der Waals surface area contributed by atoms with E-state index in [4.69, 9.17) is 22.1 Å². The molecule has 0 aliphatic rings. The van der Waals surface area contributed by atoms with Gasteiger partial charge in [0.25, 0.3) is 0 Å². The maximum atomic E-state index is 12.6. The van der Waals surface area contributed by atoms with Crippen LogP contribution >= 0.6 is 11.6 Å². The van der Waals surface area contributed by atoms with Crippen molar-refractivity contribution in [3.8, 4) is 0 Å². The lowest BCUT2D eigenvalue weighted by molar-refractivity contribution is -0.137. The number of halogens is 4. The second kappa shape index (κ2) is 8.01. The number of nitrogens with zero attached hydrogens (tertiary/aromatic N) is 1. The third kappa shape index (κ3) is 5.13. The topological polar surface area (TPSA) is 64.7 Å². The predicted molar refractivity (Wildman–Crippen MR) is 87.3 cm³/mol. The van der Waals surface area contributed by atoms with Gasteiger partial charge in [-0.1, -0.05) is 30.3 Å². The molecule has 0 radical (unpaired) electrons. The molecule has 0 amide bonds. The number of aliphatic imine (C=N–C) groups is 1. The van der Waals surface area contributed by atoms with E-state index in [9.17, 15) is 18.0 Å². The van der Waals surface area contributed by atoms with Gasteiger partial charge in [0.05, 0.1) is 17.9 Å². The van der Waals surface area contributed by atoms with Gasteiger partial charge in [-0.3, -0.25) is 0 Å². The van der Waals surface area contributed by atoms with E-state index in [2.05, 4.69) is 11.6 Å². The zero-order valence-corrected chi connectivity index (χ0v) is 13.8. The molecule has 0 atom stereocenters. The minimum Gasteiger partial charge on any atom is -0.461 e. The van der Waals surface area contributed by atoms with Crippen LogP contribution in [0, 0.1) is 0 Å². The molecule has 130 valence electrons. The van der Waals surface area contributed by atoms with Gasteiger partial charge in [-0.15, -0.1) is 0 Å². The van der Waals surface area contributed by atoms with Crippen molar-refractivity contribution in [1.29, 1.82) is 0 Å². The fraction of sp³-hybridized carbons (Fsp3) is 0.250. The van der Waals surface area contributed by atoms with Crippen LogP contribution in [0.5, 0.6) is 0 Å². The van der Waals surface area contributed by atoms with Gasteiger partial charge in [0.1, 0.15) is 5.16 Å². The summed E-state index contributed by atoms with van der Waals surface area (Å²) in [6.07, 6.45) is -4.44. The van der Waals surface area contributed by atoms with Crippen LogP contribution in [0.25, 0.3) is 5.70 Å². The molecule has 0 heterocycles. The molecule has 0 aliphatic heterocycles. The van der Waals surface area contributed by atoms with Gasteiger partial charge in [0.2, 0.25) is 0 Å². The number of hydrogen-bond donors (Lipinski definition) is 1. The number of alkyl halides is 3. The van der Waals surface area contributed by atoms with Gasteiger partial charge in [-0.2, -0.15) is 13.2 Å². The monoisotopic (exact) mass is 360 g/mol. The first-order valence-electron chi connectivity index (χ1n) is 6.82. The zero-order chi connectivity index (χ0) is 18.5. The van der Waals surface area contributed by atoms with Crippen molar-refractivity contribution in [3.05, 3.63) is 52.7 Å². The highest BCUT2D eigenvalue weighted by atomic mass is 35.5. The third-order valence-electron chi connectivity index (χ3n) is 2.97. The Morgan fingerprint density at radius 2 is 1.88 bits per heavy atom. The van der Waals surface area contributed by atoms with Gasteiger partial charge in [0, 0.05) is 5.57 Å². The van der Waals surface area contributed by atoms with E-state index >= 15 is 0 Å². The van der Waals surface area contributed by atoms with E-state index in [0.717, 1.165) is 12.1 Å². The van der Waals surface area contributed by atoms with Gasteiger partial charge in [-0.25, -0.2) is 9.79 Å². The maximum absolute atomic E-state index is 12.6. The molecule has 1 aromatic rings. The third-order valence-corrected chi connectivity index (χ3v) is 3.26. The van der Waals surface area contributed by atoms with E-state index in [0.29, 0.717) is 5.56 Å². The summed E-state index contributed by atoms with van der Waals surface area (Å²) in [5.74, 6) is -0.758. The highest BCUT2D eigenvalue weighted by Crippen LogP contribution is 2.30. The molecule has 24 heavy (non-hydrogen) atoms. The Morgan fingerprint density at radius 1 is 1.33 bits per heavy atom. The Morgan fingerprint density at radius 3 is 2.29 bits per heavy atom. The Bertz CT molecular complexity index is 688. The van der Waals surface area contributed by atoms with Crippen molar-refractivity contribution >= 4 is 29.0 Å². The second-order valence-corrected chi connectivity index (χ2v) is 5.08. The Balaban J connectivity index is 3.20. The molecule has 2 N–H and O–H groups in total. The van der Waals surface area contributed by atoms with E-state index in [-0.39, 0.29) is 28.7 Å². The van der Waals surface area contributed by atoms with Crippen LogP contribution in [-0.4, -0.2) is 18.3 Å². The number of nitrogens with two attached hydrogens (primary N) is 1. The molecular formula is C16H16ClF3N2O2. The summed E-state index contributed by atoms with van der Waals surface area (Å²) in [5.41, 5.74) is 5.07. The van der Waals surface area contributed by atoms with E-state index in [1.54, 1.807) is 6.92 Å². The molecule has 0 bridgehead atoms. The maximum Gasteiger partial charge on any atom is 0.416 e.